The Balaban J connectivity index is 1.56. The van der Waals surface area contributed by atoms with E-state index in [1.807, 2.05) is 37.2 Å². The lowest BCUT2D eigenvalue weighted by Crippen LogP contribution is -2.36. The number of nitrogens with zero attached hydrogens (tertiary/aromatic N) is 1. The number of carbonyl (C=O) groups excluding carboxylic acids is 2. The molecule has 32 heavy (non-hydrogen) atoms. The second-order valence-corrected chi connectivity index (χ2v) is 9.76. The van der Waals surface area contributed by atoms with Gasteiger partial charge in [0.1, 0.15) is 5.41 Å². The molecule has 3 aromatic carbocycles. The minimum absolute atomic E-state index is 0.174. The van der Waals surface area contributed by atoms with Gasteiger partial charge in [0.15, 0.2) is 0 Å². The van der Waals surface area contributed by atoms with Crippen LogP contribution in [0.15, 0.2) is 65.6 Å². The van der Waals surface area contributed by atoms with E-state index in [0.717, 1.165) is 11.1 Å². The SMILES string of the molecule is CN(C)c1cccc2c(S(=O)(=O)Nc3ccc(NC(=O)C4(C(N)=O)CC4)cc3)cccc12. The summed E-state index contributed by atoms with van der Waals surface area (Å²) in [6, 6.07) is 16.9. The summed E-state index contributed by atoms with van der Waals surface area (Å²) in [4.78, 5) is 25.9. The van der Waals surface area contributed by atoms with Crippen molar-refractivity contribution in [1.82, 2.24) is 0 Å². The Morgan fingerprint density at radius 1 is 0.906 bits per heavy atom. The zero-order valence-corrected chi connectivity index (χ0v) is 18.6. The number of sulfonamides is 1. The first-order valence-electron chi connectivity index (χ1n) is 10.1. The van der Waals surface area contributed by atoms with Gasteiger partial charge < -0.3 is 16.0 Å². The lowest BCUT2D eigenvalue weighted by Gasteiger charge is -2.17. The maximum Gasteiger partial charge on any atom is 0.262 e. The minimum Gasteiger partial charge on any atom is -0.377 e. The molecule has 0 aromatic heterocycles. The smallest absolute Gasteiger partial charge is 0.262 e. The number of hydrogen-bond donors (Lipinski definition) is 3. The largest absolute Gasteiger partial charge is 0.377 e. The van der Waals surface area contributed by atoms with Crippen molar-refractivity contribution in [2.24, 2.45) is 11.1 Å². The van der Waals surface area contributed by atoms with E-state index in [4.69, 9.17) is 5.73 Å². The Bertz CT molecular complexity index is 1310. The summed E-state index contributed by atoms with van der Waals surface area (Å²) in [6.45, 7) is 0. The van der Waals surface area contributed by atoms with Crippen molar-refractivity contribution in [3.05, 3.63) is 60.7 Å². The molecule has 9 heteroatoms. The molecule has 166 valence electrons. The molecule has 0 unspecified atom stereocenters. The van der Waals surface area contributed by atoms with Crippen molar-refractivity contribution < 1.29 is 18.0 Å². The van der Waals surface area contributed by atoms with Crippen LogP contribution in [0.25, 0.3) is 10.8 Å². The van der Waals surface area contributed by atoms with E-state index < -0.39 is 27.3 Å². The van der Waals surface area contributed by atoms with Gasteiger partial charge in [-0.3, -0.25) is 14.3 Å². The van der Waals surface area contributed by atoms with Crippen molar-refractivity contribution in [1.29, 1.82) is 0 Å². The van der Waals surface area contributed by atoms with Crippen LogP contribution < -0.4 is 20.7 Å². The van der Waals surface area contributed by atoms with Gasteiger partial charge in [0.2, 0.25) is 11.8 Å². The van der Waals surface area contributed by atoms with Crippen LogP contribution in [0.2, 0.25) is 0 Å². The van der Waals surface area contributed by atoms with E-state index in [2.05, 4.69) is 10.0 Å². The van der Waals surface area contributed by atoms with Crippen LogP contribution in [0.3, 0.4) is 0 Å². The third-order valence-electron chi connectivity index (χ3n) is 5.68. The topological polar surface area (TPSA) is 122 Å². The number of amides is 2. The Morgan fingerprint density at radius 3 is 2.09 bits per heavy atom. The molecule has 8 nitrogen and oxygen atoms in total. The number of hydrogen-bond acceptors (Lipinski definition) is 5. The quantitative estimate of drug-likeness (QED) is 0.476. The molecule has 0 spiro atoms. The van der Waals surface area contributed by atoms with Crippen molar-refractivity contribution in [3.8, 4) is 0 Å². The summed E-state index contributed by atoms with van der Waals surface area (Å²) < 4.78 is 28.8. The lowest BCUT2D eigenvalue weighted by molar-refractivity contribution is -0.132. The molecule has 4 N–H and O–H groups in total. The predicted molar refractivity (Wildman–Crippen MR) is 125 cm³/mol. The van der Waals surface area contributed by atoms with E-state index in [1.54, 1.807) is 42.5 Å². The van der Waals surface area contributed by atoms with E-state index in [1.165, 1.54) is 0 Å². The second-order valence-electron chi connectivity index (χ2n) is 8.11. The maximum atomic E-state index is 13.1. The highest BCUT2D eigenvalue weighted by molar-refractivity contribution is 7.93. The number of benzene rings is 3. The Morgan fingerprint density at radius 2 is 1.50 bits per heavy atom. The number of anilines is 3. The Kier molecular flexibility index (Phi) is 5.29. The molecule has 4 rings (SSSR count). The minimum atomic E-state index is -3.86. The van der Waals surface area contributed by atoms with Crippen molar-refractivity contribution in [2.75, 3.05) is 29.0 Å². The zero-order chi connectivity index (χ0) is 23.1. The Hall–Kier alpha value is -3.59. The standard InChI is InChI=1S/C23H24N4O4S/c1-27(2)19-7-3-6-18-17(19)5-4-8-20(18)32(30,31)26-16-11-9-15(10-12-16)25-22(29)23(13-14-23)21(24)28/h3-12,26H,13-14H2,1-2H3,(H2,24,28)(H,25,29). The van der Waals surface area contributed by atoms with Crippen molar-refractivity contribution in [3.63, 3.8) is 0 Å². The fraction of sp³-hybridized carbons (Fsp3) is 0.217. The molecule has 1 fully saturated rings. The van der Waals surface area contributed by atoms with Gasteiger partial charge >= 0.3 is 0 Å². The van der Waals surface area contributed by atoms with Gasteiger partial charge in [0.05, 0.1) is 4.90 Å². The Labute approximate surface area is 186 Å². The lowest BCUT2D eigenvalue weighted by atomic mass is 10.1. The highest BCUT2D eigenvalue weighted by Gasteiger charge is 2.55. The number of fused-ring (bicyclic) bond motifs is 1. The van der Waals surface area contributed by atoms with Crippen LogP contribution in [0.5, 0.6) is 0 Å². The molecular formula is C23H24N4O4S. The van der Waals surface area contributed by atoms with E-state index in [0.29, 0.717) is 29.6 Å². The second kappa shape index (κ2) is 7.83. The molecule has 0 radical (unpaired) electrons. The van der Waals surface area contributed by atoms with Crippen LogP contribution >= 0.6 is 0 Å². The van der Waals surface area contributed by atoms with Gasteiger partial charge in [-0.1, -0.05) is 24.3 Å². The molecule has 1 aliphatic rings. The summed E-state index contributed by atoms with van der Waals surface area (Å²) in [5.74, 6) is -1.07. The summed E-state index contributed by atoms with van der Waals surface area (Å²) in [6.07, 6.45) is 0.874. The summed E-state index contributed by atoms with van der Waals surface area (Å²) >= 11 is 0. The van der Waals surface area contributed by atoms with Crippen LogP contribution in [0.4, 0.5) is 17.1 Å². The average molecular weight is 453 g/mol. The van der Waals surface area contributed by atoms with E-state index >= 15 is 0 Å². The van der Waals surface area contributed by atoms with Gasteiger partial charge in [-0.2, -0.15) is 0 Å². The molecule has 0 bridgehead atoms. The number of rotatable bonds is 7. The van der Waals surface area contributed by atoms with Crippen LogP contribution in [-0.4, -0.2) is 34.3 Å². The third kappa shape index (κ3) is 3.87. The van der Waals surface area contributed by atoms with Crippen LogP contribution in [-0.2, 0) is 19.6 Å². The molecular weight excluding hydrogens is 428 g/mol. The normalized spacial score (nSPS) is 14.6. The fourth-order valence-corrected chi connectivity index (χ4v) is 4.96. The molecule has 2 amide bonds. The van der Waals surface area contributed by atoms with Crippen molar-refractivity contribution >= 4 is 49.7 Å². The molecule has 0 aliphatic heterocycles. The molecule has 1 saturated carbocycles. The van der Waals surface area contributed by atoms with E-state index in [9.17, 15) is 18.0 Å². The van der Waals surface area contributed by atoms with Gasteiger partial charge in [0.25, 0.3) is 10.0 Å². The monoisotopic (exact) mass is 452 g/mol. The summed E-state index contributed by atoms with van der Waals surface area (Å²) in [7, 11) is -0.0483. The predicted octanol–water partition coefficient (Wildman–Crippen LogP) is 2.91. The first-order chi connectivity index (χ1) is 15.1. The number of nitrogens with one attached hydrogen (secondary N) is 2. The van der Waals surface area contributed by atoms with Gasteiger partial charge in [-0.05, 0) is 49.2 Å². The number of carbonyl (C=O) groups is 2. The maximum absolute atomic E-state index is 13.1. The highest BCUT2D eigenvalue weighted by Crippen LogP contribution is 2.46. The first-order valence-corrected chi connectivity index (χ1v) is 11.6. The third-order valence-corrected chi connectivity index (χ3v) is 7.12. The number of nitrogens with two attached hydrogens (primary N) is 1. The first kappa shape index (κ1) is 21.6. The zero-order valence-electron chi connectivity index (χ0n) is 17.8. The molecule has 0 atom stereocenters. The van der Waals surface area contributed by atoms with Crippen LogP contribution in [0, 0.1) is 5.41 Å². The van der Waals surface area contributed by atoms with Gasteiger partial charge in [-0.15, -0.1) is 0 Å². The van der Waals surface area contributed by atoms with Gasteiger partial charge in [-0.25, -0.2) is 8.42 Å². The van der Waals surface area contributed by atoms with Crippen LogP contribution in [0.1, 0.15) is 12.8 Å². The van der Waals surface area contributed by atoms with Crippen molar-refractivity contribution in [2.45, 2.75) is 17.7 Å². The average Bonchev–Trinajstić information content (AvgIpc) is 3.56. The molecule has 0 heterocycles. The van der Waals surface area contributed by atoms with E-state index in [-0.39, 0.29) is 4.90 Å². The number of primary amides is 1. The fourth-order valence-electron chi connectivity index (χ4n) is 3.68. The summed E-state index contributed by atoms with van der Waals surface area (Å²) in [5, 5.41) is 4.12. The summed E-state index contributed by atoms with van der Waals surface area (Å²) in [5.41, 5.74) is 5.91. The van der Waals surface area contributed by atoms with Gasteiger partial charge in [0, 0.05) is 41.9 Å². The molecule has 0 saturated heterocycles. The molecule has 1 aliphatic carbocycles. The highest BCUT2D eigenvalue weighted by atomic mass is 32.2. The molecule has 3 aromatic rings.